The number of alkyl halides is 3. The predicted octanol–water partition coefficient (Wildman–Crippen LogP) is 2.87. The minimum atomic E-state index is -4.78. The molecule has 0 spiro atoms. The van der Waals surface area contributed by atoms with Crippen molar-refractivity contribution in [1.82, 2.24) is 9.21 Å². The van der Waals surface area contributed by atoms with Gasteiger partial charge in [-0.1, -0.05) is 12.1 Å². The molecule has 1 unspecified atom stereocenters. The maximum absolute atomic E-state index is 13.2. The van der Waals surface area contributed by atoms with Crippen LogP contribution in [-0.4, -0.2) is 49.7 Å². The summed E-state index contributed by atoms with van der Waals surface area (Å²) in [5.74, 6) is -0.606. The summed E-state index contributed by atoms with van der Waals surface area (Å²) in [6.07, 6.45) is -4.16. The number of sulfonamides is 1. The minimum absolute atomic E-state index is 0.0363. The van der Waals surface area contributed by atoms with Gasteiger partial charge in [0.2, 0.25) is 15.9 Å². The van der Waals surface area contributed by atoms with E-state index in [9.17, 15) is 26.4 Å². The third kappa shape index (κ3) is 4.64. The van der Waals surface area contributed by atoms with Gasteiger partial charge in [-0.3, -0.25) is 4.79 Å². The smallest absolute Gasteiger partial charge is 0.342 e. The van der Waals surface area contributed by atoms with Gasteiger partial charge in [0.15, 0.2) is 0 Å². The van der Waals surface area contributed by atoms with E-state index in [1.54, 1.807) is 14.0 Å². The molecule has 1 aromatic carbocycles. The summed E-state index contributed by atoms with van der Waals surface area (Å²) in [6.45, 7) is 1.67. The second-order valence-electron chi connectivity index (χ2n) is 6.83. The zero-order chi connectivity index (χ0) is 21.1. The molecule has 1 aliphatic rings. The summed E-state index contributed by atoms with van der Waals surface area (Å²) in [5, 5.41) is 8.75. The normalized spacial score (nSPS) is 17.7. The van der Waals surface area contributed by atoms with Crippen LogP contribution in [0.3, 0.4) is 0 Å². The lowest BCUT2D eigenvalue weighted by atomic mass is 9.96. The monoisotopic (exact) mass is 417 g/mol. The third-order valence-electron chi connectivity index (χ3n) is 5.01. The van der Waals surface area contributed by atoms with Gasteiger partial charge in [-0.05, 0) is 31.9 Å². The van der Waals surface area contributed by atoms with Crippen LogP contribution in [0, 0.1) is 17.2 Å². The Morgan fingerprint density at radius 3 is 2.43 bits per heavy atom. The van der Waals surface area contributed by atoms with E-state index < -0.39 is 32.6 Å². The Bertz CT molecular complexity index is 857. The second-order valence-corrected chi connectivity index (χ2v) is 8.74. The van der Waals surface area contributed by atoms with E-state index in [2.05, 4.69) is 0 Å². The van der Waals surface area contributed by atoms with E-state index >= 15 is 0 Å². The summed E-state index contributed by atoms with van der Waals surface area (Å²) in [4.78, 5) is 13.2. The van der Waals surface area contributed by atoms with E-state index in [4.69, 9.17) is 5.26 Å². The molecular formula is C18H22F3N3O3S. The van der Waals surface area contributed by atoms with Gasteiger partial charge in [-0.15, -0.1) is 0 Å². The molecule has 1 saturated heterocycles. The molecule has 0 saturated carbocycles. The third-order valence-corrected chi connectivity index (χ3v) is 6.97. The molecule has 154 valence electrons. The highest BCUT2D eigenvalue weighted by atomic mass is 32.2. The molecule has 0 aromatic heterocycles. The van der Waals surface area contributed by atoms with Crippen LogP contribution in [-0.2, 0) is 21.0 Å². The van der Waals surface area contributed by atoms with Crippen molar-refractivity contribution in [3.8, 4) is 6.07 Å². The van der Waals surface area contributed by atoms with Crippen molar-refractivity contribution in [2.24, 2.45) is 5.92 Å². The molecule has 1 amide bonds. The number of carbonyl (C=O) groups is 1. The summed E-state index contributed by atoms with van der Waals surface area (Å²) < 4.78 is 66.1. The molecule has 0 N–H and O–H groups in total. The molecule has 1 heterocycles. The molecule has 0 bridgehead atoms. The van der Waals surface area contributed by atoms with Gasteiger partial charge in [0, 0.05) is 32.1 Å². The molecule has 10 heteroatoms. The fourth-order valence-electron chi connectivity index (χ4n) is 3.18. The zero-order valence-corrected chi connectivity index (χ0v) is 16.4. The molecule has 1 aliphatic heterocycles. The van der Waals surface area contributed by atoms with Gasteiger partial charge in [0.05, 0.1) is 22.9 Å². The summed E-state index contributed by atoms with van der Waals surface area (Å²) in [6, 6.07) is 5.82. The van der Waals surface area contributed by atoms with Gasteiger partial charge >= 0.3 is 6.18 Å². The molecular weight excluding hydrogens is 395 g/mol. The van der Waals surface area contributed by atoms with E-state index in [1.165, 1.54) is 11.0 Å². The van der Waals surface area contributed by atoms with E-state index in [0.717, 1.165) is 22.5 Å². The summed E-state index contributed by atoms with van der Waals surface area (Å²) >= 11 is 0. The van der Waals surface area contributed by atoms with Crippen molar-refractivity contribution in [2.75, 3.05) is 20.1 Å². The topological polar surface area (TPSA) is 81.5 Å². The molecule has 1 aromatic rings. The number of carbonyl (C=O) groups excluding carboxylic acids is 1. The fraction of sp³-hybridized carbons (Fsp3) is 0.556. The lowest BCUT2D eigenvalue weighted by Gasteiger charge is -2.34. The molecule has 28 heavy (non-hydrogen) atoms. The maximum atomic E-state index is 13.2. The first-order valence-corrected chi connectivity index (χ1v) is 10.2. The van der Waals surface area contributed by atoms with E-state index in [-0.39, 0.29) is 44.3 Å². The first-order chi connectivity index (χ1) is 13.0. The van der Waals surface area contributed by atoms with Crippen LogP contribution in [0.1, 0.15) is 31.7 Å². The first kappa shape index (κ1) is 22.2. The van der Waals surface area contributed by atoms with Crippen LogP contribution in [0.25, 0.3) is 0 Å². The Labute approximate surface area is 162 Å². The Balaban J connectivity index is 2.13. The molecule has 2 rings (SSSR count). The average molecular weight is 417 g/mol. The highest BCUT2D eigenvalue weighted by Gasteiger charge is 2.40. The van der Waals surface area contributed by atoms with Gasteiger partial charge in [-0.2, -0.15) is 22.7 Å². The molecule has 6 nitrogen and oxygen atoms in total. The number of piperidine rings is 1. The Morgan fingerprint density at radius 2 is 1.89 bits per heavy atom. The number of nitriles is 1. The minimum Gasteiger partial charge on any atom is -0.342 e. The van der Waals surface area contributed by atoms with Crippen molar-refractivity contribution in [3.05, 3.63) is 29.8 Å². The maximum Gasteiger partial charge on any atom is 0.417 e. The van der Waals surface area contributed by atoms with Crippen LogP contribution >= 0.6 is 0 Å². The number of halogens is 3. The van der Waals surface area contributed by atoms with Crippen LogP contribution in [0.5, 0.6) is 0 Å². The van der Waals surface area contributed by atoms with Crippen LogP contribution in [0.4, 0.5) is 13.2 Å². The SMILES string of the molecule is CC(CC#N)N(C)C(=O)C1CCN(S(=O)(=O)c2ccccc2C(F)(F)F)CC1. The fourth-order valence-corrected chi connectivity index (χ4v) is 4.86. The second kappa shape index (κ2) is 8.49. The van der Waals surface area contributed by atoms with Gasteiger partial charge in [-0.25, -0.2) is 8.42 Å². The number of nitrogens with zero attached hydrogens (tertiary/aromatic N) is 3. The quantitative estimate of drug-likeness (QED) is 0.738. The van der Waals surface area contributed by atoms with Crippen molar-refractivity contribution in [1.29, 1.82) is 5.26 Å². The number of hydrogen-bond acceptors (Lipinski definition) is 4. The van der Waals surface area contributed by atoms with Crippen molar-refractivity contribution >= 4 is 15.9 Å². The van der Waals surface area contributed by atoms with Gasteiger partial charge < -0.3 is 4.90 Å². The summed E-state index contributed by atoms with van der Waals surface area (Å²) in [7, 11) is -2.73. The van der Waals surface area contributed by atoms with Crippen LogP contribution < -0.4 is 0 Å². The molecule has 0 aliphatic carbocycles. The van der Waals surface area contributed by atoms with E-state index in [0.29, 0.717) is 0 Å². The number of hydrogen-bond donors (Lipinski definition) is 0. The lowest BCUT2D eigenvalue weighted by Crippen LogP contribution is -2.45. The van der Waals surface area contributed by atoms with Crippen molar-refractivity contribution < 1.29 is 26.4 Å². The number of amides is 1. The Kier molecular flexibility index (Phi) is 6.72. The zero-order valence-electron chi connectivity index (χ0n) is 15.6. The van der Waals surface area contributed by atoms with Crippen molar-refractivity contribution in [2.45, 2.75) is 43.3 Å². The molecule has 1 fully saturated rings. The Hall–Kier alpha value is -2.12. The van der Waals surface area contributed by atoms with Crippen LogP contribution in [0.2, 0.25) is 0 Å². The predicted molar refractivity (Wildman–Crippen MR) is 95.4 cm³/mol. The summed E-state index contributed by atoms with van der Waals surface area (Å²) in [5.41, 5.74) is -1.20. The van der Waals surface area contributed by atoms with Crippen molar-refractivity contribution in [3.63, 3.8) is 0 Å². The highest BCUT2D eigenvalue weighted by molar-refractivity contribution is 7.89. The number of rotatable bonds is 5. The number of benzene rings is 1. The Morgan fingerprint density at radius 1 is 1.32 bits per heavy atom. The van der Waals surface area contributed by atoms with E-state index in [1.807, 2.05) is 6.07 Å². The van der Waals surface area contributed by atoms with Gasteiger partial charge in [0.25, 0.3) is 0 Å². The standard InChI is InChI=1S/C18H22F3N3O3S/c1-13(7-10-22)23(2)17(25)14-8-11-24(12-9-14)28(26,27)16-6-4-3-5-15(16)18(19,20)21/h3-6,13-14H,7-9,11-12H2,1-2H3. The lowest BCUT2D eigenvalue weighted by molar-refractivity contribution is -0.140. The average Bonchev–Trinajstić information content (AvgIpc) is 2.66. The molecule has 1 atom stereocenters. The largest absolute Gasteiger partial charge is 0.417 e. The van der Waals surface area contributed by atoms with Gasteiger partial charge in [0.1, 0.15) is 0 Å². The van der Waals surface area contributed by atoms with Crippen LogP contribution in [0.15, 0.2) is 29.2 Å². The highest BCUT2D eigenvalue weighted by Crippen LogP contribution is 2.36. The molecule has 0 radical (unpaired) electrons. The first-order valence-electron chi connectivity index (χ1n) is 8.80.